The van der Waals surface area contributed by atoms with Crippen LogP contribution in [0.4, 0.5) is 5.82 Å². The van der Waals surface area contributed by atoms with E-state index in [4.69, 9.17) is 11.6 Å². The molecule has 2 amide bonds. The highest BCUT2D eigenvalue weighted by Gasteiger charge is 2.17. The number of hydrogen-bond acceptors (Lipinski definition) is 4. The summed E-state index contributed by atoms with van der Waals surface area (Å²) in [5.74, 6) is -0.512. The van der Waals surface area contributed by atoms with E-state index in [9.17, 15) is 14.7 Å². The van der Waals surface area contributed by atoms with Crippen LogP contribution in [0.25, 0.3) is 0 Å². The first-order valence-corrected chi connectivity index (χ1v) is 8.94. The Morgan fingerprint density at radius 1 is 1.11 bits per heavy atom. The van der Waals surface area contributed by atoms with Crippen molar-refractivity contribution >= 4 is 29.2 Å². The van der Waals surface area contributed by atoms with Crippen LogP contribution in [-0.4, -0.2) is 33.2 Å². The summed E-state index contributed by atoms with van der Waals surface area (Å²) >= 11 is 6.03. The molecule has 1 heterocycles. The van der Waals surface area contributed by atoms with Crippen LogP contribution in [0.5, 0.6) is 0 Å². The molecule has 7 nitrogen and oxygen atoms in total. The molecule has 0 spiro atoms. The van der Waals surface area contributed by atoms with Crippen LogP contribution >= 0.6 is 11.6 Å². The number of nitrogens with zero attached hydrogens (tertiary/aromatic N) is 2. The molecule has 0 aliphatic heterocycles. The number of rotatable bonds is 6. The summed E-state index contributed by atoms with van der Waals surface area (Å²) in [4.78, 5) is 24.7. The fourth-order valence-corrected chi connectivity index (χ4v) is 2.82. The first kappa shape index (κ1) is 19.6. The normalized spacial score (nSPS) is 11.7. The highest BCUT2D eigenvalue weighted by Crippen LogP contribution is 2.18. The van der Waals surface area contributed by atoms with Gasteiger partial charge in [0, 0.05) is 19.7 Å². The predicted octanol–water partition coefficient (Wildman–Crippen LogP) is 2.79. The van der Waals surface area contributed by atoms with Gasteiger partial charge in [-0.05, 0) is 17.7 Å². The monoisotopic (exact) mass is 398 g/mol. The van der Waals surface area contributed by atoms with Crippen LogP contribution in [0.15, 0.2) is 60.7 Å². The van der Waals surface area contributed by atoms with Crippen molar-refractivity contribution in [3.05, 3.63) is 82.5 Å². The summed E-state index contributed by atoms with van der Waals surface area (Å²) in [7, 11) is 1.61. The molecular weight excluding hydrogens is 380 g/mol. The number of aliphatic hydroxyl groups excluding tert-OH is 1. The molecule has 0 bridgehead atoms. The number of amides is 2. The second-order valence-corrected chi connectivity index (χ2v) is 6.52. The summed E-state index contributed by atoms with van der Waals surface area (Å²) in [5.41, 5.74) is 1.15. The maximum Gasteiger partial charge on any atom is 0.271 e. The molecule has 0 fully saturated rings. The molecule has 3 aromatic rings. The van der Waals surface area contributed by atoms with Gasteiger partial charge in [0.2, 0.25) is 0 Å². The van der Waals surface area contributed by atoms with Crippen LogP contribution < -0.4 is 10.6 Å². The van der Waals surface area contributed by atoms with Gasteiger partial charge in [-0.1, -0.05) is 54.1 Å². The lowest BCUT2D eigenvalue weighted by molar-refractivity contribution is 0.0910. The van der Waals surface area contributed by atoms with Gasteiger partial charge in [-0.2, -0.15) is 5.10 Å². The van der Waals surface area contributed by atoms with Gasteiger partial charge in [-0.25, -0.2) is 0 Å². The second kappa shape index (κ2) is 8.69. The number of halogens is 1. The third-order valence-electron chi connectivity index (χ3n) is 4.11. The van der Waals surface area contributed by atoms with Crippen molar-refractivity contribution in [3.63, 3.8) is 0 Å². The third kappa shape index (κ3) is 4.57. The quantitative estimate of drug-likeness (QED) is 0.594. The number of nitrogens with one attached hydrogen (secondary N) is 2. The number of benzene rings is 2. The van der Waals surface area contributed by atoms with E-state index >= 15 is 0 Å². The van der Waals surface area contributed by atoms with Crippen molar-refractivity contribution < 1.29 is 14.7 Å². The molecule has 1 atom stereocenters. The van der Waals surface area contributed by atoms with E-state index < -0.39 is 17.9 Å². The van der Waals surface area contributed by atoms with Crippen molar-refractivity contribution in [3.8, 4) is 0 Å². The number of anilines is 1. The molecule has 2 aromatic carbocycles. The van der Waals surface area contributed by atoms with Gasteiger partial charge in [-0.15, -0.1) is 0 Å². The van der Waals surface area contributed by atoms with E-state index in [0.717, 1.165) is 0 Å². The van der Waals surface area contributed by atoms with E-state index in [0.29, 0.717) is 22.0 Å². The Morgan fingerprint density at radius 2 is 1.79 bits per heavy atom. The maximum absolute atomic E-state index is 12.4. The predicted molar refractivity (Wildman–Crippen MR) is 106 cm³/mol. The van der Waals surface area contributed by atoms with Gasteiger partial charge in [0.1, 0.15) is 5.82 Å². The minimum atomic E-state index is -0.826. The molecule has 144 valence electrons. The molecule has 0 saturated carbocycles. The lowest BCUT2D eigenvalue weighted by Crippen LogP contribution is -2.28. The zero-order valence-electron chi connectivity index (χ0n) is 15.1. The lowest BCUT2D eigenvalue weighted by Gasteiger charge is -2.11. The van der Waals surface area contributed by atoms with Crippen molar-refractivity contribution in [2.75, 3.05) is 11.9 Å². The Hall–Kier alpha value is -3.16. The number of aryl methyl sites for hydroxylation is 1. The van der Waals surface area contributed by atoms with E-state index in [-0.39, 0.29) is 12.2 Å². The van der Waals surface area contributed by atoms with Crippen LogP contribution in [-0.2, 0) is 7.05 Å². The standard InChI is InChI=1S/C20H19ClN4O3/c1-25-18(23-19(27)14-9-5-6-10-15(14)21)11-16(24-25)20(28)22-12-17(26)13-7-3-2-4-8-13/h2-11,17,26H,12H2,1H3,(H,22,28)(H,23,27). The number of aromatic nitrogens is 2. The molecule has 0 aliphatic rings. The van der Waals surface area contributed by atoms with Crippen LogP contribution in [0.3, 0.4) is 0 Å². The summed E-state index contributed by atoms with van der Waals surface area (Å²) in [6.45, 7) is 0.0424. The zero-order valence-corrected chi connectivity index (χ0v) is 15.8. The van der Waals surface area contributed by atoms with E-state index in [1.807, 2.05) is 18.2 Å². The molecule has 3 N–H and O–H groups in total. The average molecular weight is 399 g/mol. The summed E-state index contributed by atoms with van der Waals surface area (Å²) in [6.07, 6.45) is -0.826. The van der Waals surface area contributed by atoms with Crippen molar-refractivity contribution in [1.29, 1.82) is 0 Å². The van der Waals surface area contributed by atoms with Gasteiger partial charge in [0.25, 0.3) is 11.8 Å². The Kier molecular flexibility index (Phi) is 6.08. The van der Waals surface area contributed by atoms with Gasteiger partial charge >= 0.3 is 0 Å². The fourth-order valence-electron chi connectivity index (χ4n) is 2.60. The topological polar surface area (TPSA) is 96.2 Å². The Labute approximate surface area is 166 Å². The lowest BCUT2D eigenvalue weighted by atomic mass is 10.1. The van der Waals surface area contributed by atoms with Crippen molar-refractivity contribution in [1.82, 2.24) is 15.1 Å². The third-order valence-corrected chi connectivity index (χ3v) is 4.44. The first-order valence-electron chi connectivity index (χ1n) is 8.57. The molecule has 1 unspecified atom stereocenters. The molecule has 0 radical (unpaired) electrons. The van der Waals surface area contributed by atoms with Gasteiger partial charge in [0.15, 0.2) is 5.69 Å². The van der Waals surface area contributed by atoms with Crippen molar-refractivity contribution in [2.24, 2.45) is 7.05 Å². The highest BCUT2D eigenvalue weighted by atomic mass is 35.5. The maximum atomic E-state index is 12.4. The van der Waals surface area contributed by atoms with E-state index in [1.54, 1.807) is 43.4 Å². The highest BCUT2D eigenvalue weighted by molar-refractivity contribution is 6.34. The number of carbonyl (C=O) groups excluding carboxylic acids is 2. The van der Waals surface area contributed by atoms with Gasteiger partial charge in [-0.3, -0.25) is 14.3 Å². The molecular formula is C20H19ClN4O3. The Bertz CT molecular complexity index is 988. The minimum Gasteiger partial charge on any atom is -0.387 e. The molecule has 8 heteroatoms. The molecule has 3 rings (SSSR count). The average Bonchev–Trinajstić information content (AvgIpc) is 3.07. The number of aliphatic hydroxyl groups is 1. The van der Waals surface area contributed by atoms with Crippen LogP contribution in [0, 0.1) is 0 Å². The molecule has 28 heavy (non-hydrogen) atoms. The molecule has 1 aromatic heterocycles. The summed E-state index contributed by atoms with van der Waals surface area (Å²) in [6, 6.07) is 17.2. The van der Waals surface area contributed by atoms with E-state index in [2.05, 4.69) is 15.7 Å². The van der Waals surface area contributed by atoms with E-state index in [1.165, 1.54) is 10.7 Å². The summed E-state index contributed by atoms with van der Waals surface area (Å²) in [5, 5.41) is 19.9. The van der Waals surface area contributed by atoms with Gasteiger partial charge in [0.05, 0.1) is 16.7 Å². The first-order chi connectivity index (χ1) is 13.5. The smallest absolute Gasteiger partial charge is 0.271 e. The van der Waals surface area contributed by atoms with Crippen LogP contribution in [0.1, 0.15) is 32.5 Å². The Morgan fingerprint density at radius 3 is 2.50 bits per heavy atom. The minimum absolute atomic E-state index is 0.0424. The molecule has 0 saturated heterocycles. The number of hydrogen-bond donors (Lipinski definition) is 3. The SMILES string of the molecule is Cn1nc(C(=O)NCC(O)c2ccccc2)cc1NC(=O)c1ccccc1Cl. The van der Waals surface area contributed by atoms with Gasteiger partial charge < -0.3 is 15.7 Å². The molecule has 0 aliphatic carbocycles. The van der Waals surface area contributed by atoms with Crippen molar-refractivity contribution in [2.45, 2.75) is 6.10 Å². The zero-order chi connectivity index (χ0) is 20.1. The number of carbonyl (C=O) groups is 2. The second-order valence-electron chi connectivity index (χ2n) is 6.11. The summed E-state index contributed by atoms with van der Waals surface area (Å²) < 4.78 is 1.39. The Balaban J connectivity index is 1.64. The largest absolute Gasteiger partial charge is 0.387 e. The van der Waals surface area contributed by atoms with Crippen LogP contribution in [0.2, 0.25) is 5.02 Å². The fraction of sp³-hybridized carbons (Fsp3) is 0.150.